The molecule has 2 aromatic heterocycles. The van der Waals surface area contributed by atoms with Crippen LogP contribution in [0.2, 0.25) is 0 Å². The zero-order chi connectivity index (χ0) is 14.5. The van der Waals surface area contributed by atoms with Crippen LogP contribution in [0.3, 0.4) is 0 Å². The van der Waals surface area contributed by atoms with Crippen LogP contribution in [0.5, 0.6) is 0 Å². The average molecular weight is 306 g/mol. The van der Waals surface area contributed by atoms with E-state index < -0.39 is 0 Å². The van der Waals surface area contributed by atoms with Gasteiger partial charge in [0.1, 0.15) is 15.8 Å². The third-order valence-electron chi connectivity index (χ3n) is 3.13. The Morgan fingerprint density at radius 1 is 1.43 bits per heavy atom. The second-order valence-corrected chi connectivity index (χ2v) is 6.16. The molecule has 112 valence electrons. The number of ether oxygens (including phenoxy) is 1. The van der Waals surface area contributed by atoms with Crippen molar-refractivity contribution in [2.75, 3.05) is 23.8 Å². The highest BCUT2D eigenvalue weighted by Gasteiger charge is 2.14. The van der Waals surface area contributed by atoms with E-state index in [2.05, 4.69) is 30.8 Å². The van der Waals surface area contributed by atoms with Gasteiger partial charge in [-0.05, 0) is 25.8 Å². The molecule has 0 saturated carbocycles. The van der Waals surface area contributed by atoms with E-state index in [1.807, 2.05) is 13.0 Å². The van der Waals surface area contributed by atoms with Crippen molar-refractivity contribution in [3.63, 3.8) is 0 Å². The number of rotatable bonds is 5. The summed E-state index contributed by atoms with van der Waals surface area (Å²) in [5.74, 6) is 1.40. The van der Waals surface area contributed by atoms with Gasteiger partial charge in [0.15, 0.2) is 0 Å². The fourth-order valence-corrected chi connectivity index (χ4v) is 2.80. The van der Waals surface area contributed by atoms with Crippen LogP contribution in [0.15, 0.2) is 12.3 Å². The van der Waals surface area contributed by atoms with Crippen LogP contribution < -0.4 is 10.6 Å². The molecule has 1 fully saturated rings. The van der Waals surface area contributed by atoms with Gasteiger partial charge in [0.2, 0.25) is 5.95 Å². The molecule has 0 aliphatic carbocycles. The van der Waals surface area contributed by atoms with Gasteiger partial charge in [-0.3, -0.25) is 0 Å². The number of hydrogen-bond donors (Lipinski definition) is 2. The number of nitrogens with one attached hydrogen (secondary N) is 2. The molecule has 1 aliphatic heterocycles. The van der Waals surface area contributed by atoms with Crippen LogP contribution in [0.4, 0.5) is 11.8 Å². The molecule has 0 amide bonds. The van der Waals surface area contributed by atoms with Crippen LogP contribution in [0, 0.1) is 6.92 Å². The molecular weight excluding hydrogens is 288 g/mol. The summed E-state index contributed by atoms with van der Waals surface area (Å²) in [6.07, 6.45) is 3.94. The van der Waals surface area contributed by atoms with Gasteiger partial charge in [0, 0.05) is 12.8 Å². The second-order valence-electron chi connectivity index (χ2n) is 4.89. The molecule has 2 N–H and O–H groups in total. The maximum atomic E-state index is 5.46. The predicted octanol–water partition coefficient (Wildman–Crippen LogP) is 1.84. The molecule has 21 heavy (non-hydrogen) atoms. The first kappa shape index (κ1) is 14.2. The number of aromatic nitrogens is 4. The summed E-state index contributed by atoms with van der Waals surface area (Å²) in [4.78, 5) is 8.67. The van der Waals surface area contributed by atoms with E-state index in [9.17, 15) is 0 Å². The van der Waals surface area contributed by atoms with Gasteiger partial charge in [-0.25, -0.2) is 4.98 Å². The van der Waals surface area contributed by atoms with Gasteiger partial charge in [-0.1, -0.05) is 11.3 Å². The van der Waals surface area contributed by atoms with Gasteiger partial charge in [0.25, 0.3) is 0 Å². The van der Waals surface area contributed by atoms with Crippen LogP contribution in [-0.4, -0.2) is 39.4 Å². The minimum atomic E-state index is 0.326. The maximum absolute atomic E-state index is 5.46. The van der Waals surface area contributed by atoms with Gasteiger partial charge < -0.3 is 15.4 Å². The quantitative estimate of drug-likeness (QED) is 0.871. The van der Waals surface area contributed by atoms with Gasteiger partial charge >= 0.3 is 0 Å². The van der Waals surface area contributed by atoms with Crippen molar-refractivity contribution in [3.8, 4) is 0 Å². The van der Waals surface area contributed by atoms with E-state index in [4.69, 9.17) is 4.74 Å². The van der Waals surface area contributed by atoms with Crippen molar-refractivity contribution in [2.24, 2.45) is 0 Å². The summed E-state index contributed by atoms with van der Waals surface area (Å²) in [6, 6.07) is 2.20. The molecule has 1 saturated heterocycles. The first-order valence-corrected chi connectivity index (χ1v) is 7.81. The first-order valence-electron chi connectivity index (χ1n) is 7.00. The molecule has 1 atom stereocenters. The zero-order valence-corrected chi connectivity index (χ0v) is 12.7. The normalized spacial score (nSPS) is 18.4. The van der Waals surface area contributed by atoms with E-state index in [0.29, 0.717) is 18.5 Å². The summed E-state index contributed by atoms with van der Waals surface area (Å²) in [5.41, 5.74) is 0. The highest BCUT2D eigenvalue weighted by atomic mass is 32.1. The zero-order valence-electron chi connectivity index (χ0n) is 11.9. The Morgan fingerprint density at radius 2 is 2.38 bits per heavy atom. The van der Waals surface area contributed by atoms with Gasteiger partial charge in [0.05, 0.1) is 19.2 Å². The van der Waals surface area contributed by atoms with Crippen LogP contribution in [0.1, 0.15) is 22.9 Å². The topological polar surface area (TPSA) is 84.9 Å². The number of aryl methyl sites for hydroxylation is 1. The van der Waals surface area contributed by atoms with Crippen molar-refractivity contribution in [1.29, 1.82) is 0 Å². The number of hydrogen-bond acceptors (Lipinski definition) is 8. The highest BCUT2D eigenvalue weighted by Crippen LogP contribution is 2.14. The van der Waals surface area contributed by atoms with E-state index in [1.54, 1.807) is 17.5 Å². The minimum Gasteiger partial charge on any atom is -0.379 e. The molecule has 0 aromatic carbocycles. The SMILES string of the molecule is Cc1nnc(CNc2nccc(NC3CCCOC3)n2)s1. The van der Waals surface area contributed by atoms with Crippen LogP contribution in [0.25, 0.3) is 0 Å². The summed E-state index contributed by atoms with van der Waals surface area (Å²) < 4.78 is 5.46. The fourth-order valence-electron chi connectivity index (χ4n) is 2.15. The van der Waals surface area contributed by atoms with E-state index in [1.165, 1.54) is 0 Å². The standard InChI is InChI=1S/C13H18N6OS/c1-9-18-19-12(21-9)7-15-13-14-5-4-11(17-13)16-10-3-2-6-20-8-10/h4-5,10H,2-3,6-8H2,1H3,(H2,14,15,16,17). The molecule has 7 nitrogen and oxygen atoms in total. The molecule has 0 radical (unpaired) electrons. The van der Waals surface area contributed by atoms with Crippen molar-refractivity contribution in [2.45, 2.75) is 32.4 Å². The van der Waals surface area contributed by atoms with Crippen molar-refractivity contribution in [1.82, 2.24) is 20.2 Å². The van der Waals surface area contributed by atoms with Crippen LogP contribution >= 0.6 is 11.3 Å². The monoisotopic (exact) mass is 306 g/mol. The Morgan fingerprint density at radius 3 is 3.14 bits per heavy atom. The molecule has 0 spiro atoms. The summed E-state index contributed by atoms with van der Waals surface area (Å²) in [5, 5.41) is 16.5. The third-order valence-corrected chi connectivity index (χ3v) is 3.97. The first-order chi connectivity index (χ1) is 10.3. The summed E-state index contributed by atoms with van der Waals surface area (Å²) >= 11 is 1.57. The Bertz CT molecular complexity index is 584. The Kier molecular flexibility index (Phi) is 4.56. The second kappa shape index (κ2) is 6.77. The van der Waals surface area contributed by atoms with Crippen molar-refractivity contribution < 1.29 is 4.74 Å². The van der Waals surface area contributed by atoms with Crippen molar-refractivity contribution in [3.05, 3.63) is 22.3 Å². The summed E-state index contributed by atoms with van der Waals surface area (Å²) in [7, 11) is 0. The highest BCUT2D eigenvalue weighted by molar-refractivity contribution is 7.11. The molecule has 0 bridgehead atoms. The molecular formula is C13H18N6OS. The maximum Gasteiger partial charge on any atom is 0.224 e. The van der Waals surface area contributed by atoms with Crippen LogP contribution in [-0.2, 0) is 11.3 Å². The minimum absolute atomic E-state index is 0.326. The van der Waals surface area contributed by atoms with E-state index in [0.717, 1.165) is 41.9 Å². The molecule has 3 rings (SSSR count). The molecule has 1 aliphatic rings. The average Bonchev–Trinajstić information content (AvgIpc) is 2.92. The van der Waals surface area contributed by atoms with Gasteiger partial charge in [-0.15, -0.1) is 10.2 Å². The lowest BCUT2D eigenvalue weighted by Gasteiger charge is -2.23. The van der Waals surface area contributed by atoms with Gasteiger partial charge in [-0.2, -0.15) is 4.98 Å². The van der Waals surface area contributed by atoms with E-state index >= 15 is 0 Å². The number of nitrogens with zero attached hydrogens (tertiary/aromatic N) is 4. The Hall–Kier alpha value is -1.80. The lowest BCUT2D eigenvalue weighted by atomic mass is 10.1. The van der Waals surface area contributed by atoms with E-state index in [-0.39, 0.29) is 0 Å². The predicted molar refractivity (Wildman–Crippen MR) is 81.5 cm³/mol. The number of anilines is 2. The lowest BCUT2D eigenvalue weighted by molar-refractivity contribution is 0.0875. The van der Waals surface area contributed by atoms with Crippen molar-refractivity contribution >= 4 is 23.1 Å². The fraction of sp³-hybridized carbons (Fsp3) is 0.538. The third kappa shape index (κ3) is 4.08. The molecule has 2 aromatic rings. The molecule has 1 unspecified atom stereocenters. The largest absolute Gasteiger partial charge is 0.379 e. The molecule has 3 heterocycles. The Labute approximate surface area is 127 Å². The lowest BCUT2D eigenvalue weighted by Crippen LogP contribution is -2.30. The smallest absolute Gasteiger partial charge is 0.224 e. The Balaban J connectivity index is 1.57. The summed E-state index contributed by atoms with van der Waals surface area (Å²) in [6.45, 7) is 4.11. The molecule has 8 heteroatoms.